The first kappa shape index (κ1) is 19.6. The molecule has 0 aliphatic rings. The number of Topliss-reactive ketones (excluding diaryl/α,β-unsaturated/α-hetero) is 1. The minimum absolute atomic E-state index is 0.0983. The fraction of sp³-hybridized carbons (Fsp3) is 0.300. The zero-order valence-electron chi connectivity index (χ0n) is 14.7. The van der Waals surface area contributed by atoms with E-state index in [1.165, 1.54) is 0 Å². The number of benzene rings is 2. The molecule has 5 N–H and O–H groups in total. The SMILES string of the molecule is NC(=O)c1ccc(C[C@@H](N)NCC(=O)CCCOc2ccccc2)cc1. The molecule has 6 nitrogen and oxygen atoms in total. The van der Waals surface area contributed by atoms with E-state index in [0.29, 0.717) is 31.4 Å². The standard InChI is InChI=1S/C20H25N3O3/c21-19(13-15-8-10-16(11-9-15)20(22)25)23-14-17(24)5-4-12-26-18-6-2-1-3-7-18/h1-3,6-11,19,23H,4-5,12-14,21H2,(H2,22,25)/t19-/m0/s1. The van der Waals surface area contributed by atoms with Crippen molar-refractivity contribution in [2.24, 2.45) is 11.5 Å². The van der Waals surface area contributed by atoms with Crippen molar-refractivity contribution in [3.05, 3.63) is 65.7 Å². The molecule has 0 unspecified atom stereocenters. The molecule has 6 heteroatoms. The summed E-state index contributed by atoms with van der Waals surface area (Å²) in [6.07, 6.45) is 1.33. The van der Waals surface area contributed by atoms with Crippen LogP contribution in [-0.2, 0) is 11.2 Å². The molecule has 0 fully saturated rings. The van der Waals surface area contributed by atoms with Crippen molar-refractivity contribution in [3.8, 4) is 5.75 Å². The third-order valence-electron chi connectivity index (χ3n) is 3.87. The molecule has 0 aliphatic carbocycles. The maximum Gasteiger partial charge on any atom is 0.248 e. The lowest BCUT2D eigenvalue weighted by Gasteiger charge is -2.13. The van der Waals surface area contributed by atoms with Gasteiger partial charge in [-0.25, -0.2) is 0 Å². The Morgan fingerprint density at radius 1 is 1.04 bits per heavy atom. The van der Waals surface area contributed by atoms with Gasteiger partial charge in [-0.15, -0.1) is 0 Å². The third-order valence-corrected chi connectivity index (χ3v) is 3.87. The minimum atomic E-state index is -0.458. The van der Waals surface area contributed by atoms with Gasteiger partial charge in [0.05, 0.1) is 19.3 Å². The van der Waals surface area contributed by atoms with Crippen LogP contribution in [0.2, 0.25) is 0 Å². The van der Waals surface area contributed by atoms with E-state index in [-0.39, 0.29) is 18.5 Å². The number of ether oxygens (including phenoxy) is 1. The maximum atomic E-state index is 11.9. The van der Waals surface area contributed by atoms with E-state index < -0.39 is 5.91 Å². The molecular formula is C20H25N3O3. The van der Waals surface area contributed by atoms with Crippen LogP contribution >= 0.6 is 0 Å². The Morgan fingerprint density at radius 2 is 1.73 bits per heavy atom. The first-order valence-electron chi connectivity index (χ1n) is 8.62. The topological polar surface area (TPSA) is 107 Å². The first-order valence-corrected chi connectivity index (χ1v) is 8.62. The van der Waals surface area contributed by atoms with Crippen molar-refractivity contribution in [1.29, 1.82) is 0 Å². The highest BCUT2D eigenvalue weighted by atomic mass is 16.5. The number of nitrogens with one attached hydrogen (secondary N) is 1. The number of hydrogen-bond acceptors (Lipinski definition) is 5. The van der Waals surface area contributed by atoms with E-state index in [9.17, 15) is 9.59 Å². The molecule has 0 aliphatic heterocycles. The Hall–Kier alpha value is -2.70. The molecular weight excluding hydrogens is 330 g/mol. The molecule has 138 valence electrons. The molecule has 0 saturated carbocycles. The number of rotatable bonds is 11. The average Bonchev–Trinajstić information content (AvgIpc) is 2.65. The summed E-state index contributed by atoms with van der Waals surface area (Å²) in [4.78, 5) is 22.9. The van der Waals surface area contributed by atoms with Crippen LogP contribution in [0.4, 0.5) is 0 Å². The zero-order valence-corrected chi connectivity index (χ0v) is 14.7. The lowest BCUT2D eigenvalue weighted by Crippen LogP contribution is -2.42. The van der Waals surface area contributed by atoms with Crippen molar-refractivity contribution in [2.45, 2.75) is 25.4 Å². The van der Waals surface area contributed by atoms with Gasteiger partial charge in [0.25, 0.3) is 0 Å². The van der Waals surface area contributed by atoms with Crippen molar-refractivity contribution in [3.63, 3.8) is 0 Å². The highest BCUT2D eigenvalue weighted by Crippen LogP contribution is 2.09. The molecule has 2 aromatic rings. The summed E-state index contributed by atoms with van der Waals surface area (Å²) in [5.74, 6) is 0.449. The van der Waals surface area contributed by atoms with E-state index >= 15 is 0 Å². The largest absolute Gasteiger partial charge is 0.494 e. The van der Waals surface area contributed by atoms with Gasteiger partial charge in [0.1, 0.15) is 11.5 Å². The minimum Gasteiger partial charge on any atom is -0.494 e. The summed E-state index contributed by atoms with van der Waals surface area (Å²) < 4.78 is 5.56. The van der Waals surface area contributed by atoms with Gasteiger partial charge in [-0.05, 0) is 36.2 Å². The number of amides is 1. The molecule has 26 heavy (non-hydrogen) atoms. The summed E-state index contributed by atoms with van der Waals surface area (Å²) >= 11 is 0. The molecule has 0 saturated heterocycles. The molecule has 0 bridgehead atoms. The third kappa shape index (κ3) is 7.04. The predicted octanol–water partition coefficient (Wildman–Crippen LogP) is 1.63. The van der Waals surface area contributed by atoms with Gasteiger partial charge in [-0.2, -0.15) is 0 Å². The summed E-state index contributed by atoms with van der Waals surface area (Å²) in [6, 6.07) is 16.5. The van der Waals surface area contributed by atoms with Gasteiger partial charge < -0.3 is 16.2 Å². The molecule has 0 radical (unpaired) electrons. The second-order valence-corrected chi connectivity index (χ2v) is 6.06. The van der Waals surface area contributed by atoms with Crippen LogP contribution < -0.4 is 21.5 Å². The zero-order chi connectivity index (χ0) is 18.8. The van der Waals surface area contributed by atoms with Gasteiger partial charge in [-0.3, -0.25) is 14.9 Å². The number of para-hydroxylation sites is 1. The van der Waals surface area contributed by atoms with E-state index in [2.05, 4.69) is 5.32 Å². The molecule has 1 atom stereocenters. The lowest BCUT2D eigenvalue weighted by atomic mass is 10.1. The molecule has 2 rings (SSSR count). The molecule has 2 aromatic carbocycles. The van der Waals surface area contributed by atoms with Crippen molar-refractivity contribution in [2.75, 3.05) is 13.2 Å². The Balaban J connectivity index is 1.61. The van der Waals surface area contributed by atoms with E-state index in [1.54, 1.807) is 12.1 Å². The summed E-state index contributed by atoms with van der Waals surface area (Å²) in [5.41, 5.74) is 12.6. The van der Waals surface area contributed by atoms with Gasteiger partial charge >= 0.3 is 0 Å². The normalized spacial score (nSPS) is 11.7. The summed E-state index contributed by atoms with van der Waals surface area (Å²) in [5, 5.41) is 3.02. The van der Waals surface area contributed by atoms with Crippen molar-refractivity contribution in [1.82, 2.24) is 5.32 Å². The number of primary amides is 1. The van der Waals surface area contributed by atoms with E-state index in [1.807, 2.05) is 42.5 Å². The van der Waals surface area contributed by atoms with Crippen molar-refractivity contribution >= 4 is 11.7 Å². The monoisotopic (exact) mass is 355 g/mol. The van der Waals surface area contributed by atoms with Gasteiger partial charge in [-0.1, -0.05) is 30.3 Å². The number of hydrogen-bond donors (Lipinski definition) is 3. The van der Waals surface area contributed by atoms with E-state index in [0.717, 1.165) is 11.3 Å². The molecule has 0 aromatic heterocycles. The van der Waals surface area contributed by atoms with Crippen LogP contribution in [-0.4, -0.2) is 31.0 Å². The maximum absolute atomic E-state index is 11.9. The Labute approximate surface area is 153 Å². The Bertz CT molecular complexity index is 702. The van der Waals surface area contributed by atoms with Crippen LogP contribution in [0.25, 0.3) is 0 Å². The Kier molecular flexibility index (Phi) is 7.79. The summed E-state index contributed by atoms with van der Waals surface area (Å²) in [6.45, 7) is 0.736. The number of carbonyl (C=O) groups excluding carboxylic acids is 2. The van der Waals surface area contributed by atoms with Gasteiger partial charge in [0.15, 0.2) is 0 Å². The second kappa shape index (κ2) is 10.3. The van der Waals surface area contributed by atoms with Crippen LogP contribution in [0.1, 0.15) is 28.8 Å². The van der Waals surface area contributed by atoms with Crippen molar-refractivity contribution < 1.29 is 14.3 Å². The van der Waals surface area contributed by atoms with Crippen LogP contribution in [0.5, 0.6) is 5.75 Å². The second-order valence-electron chi connectivity index (χ2n) is 6.06. The fourth-order valence-electron chi connectivity index (χ4n) is 2.44. The number of ketones is 1. The average molecular weight is 355 g/mol. The Morgan fingerprint density at radius 3 is 2.38 bits per heavy atom. The lowest BCUT2D eigenvalue weighted by molar-refractivity contribution is -0.118. The predicted molar refractivity (Wildman–Crippen MR) is 101 cm³/mol. The number of carbonyl (C=O) groups is 2. The van der Waals surface area contributed by atoms with Crippen LogP contribution in [0, 0.1) is 0 Å². The van der Waals surface area contributed by atoms with Crippen LogP contribution in [0.15, 0.2) is 54.6 Å². The highest BCUT2D eigenvalue weighted by Gasteiger charge is 2.08. The summed E-state index contributed by atoms with van der Waals surface area (Å²) in [7, 11) is 0. The first-order chi connectivity index (χ1) is 12.5. The van der Waals surface area contributed by atoms with Gasteiger partial charge in [0, 0.05) is 18.4 Å². The molecule has 0 spiro atoms. The quantitative estimate of drug-likeness (QED) is 0.419. The highest BCUT2D eigenvalue weighted by molar-refractivity contribution is 5.92. The molecule has 0 heterocycles. The fourth-order valence-corrected chi connectivity index (χ4v) is 2.44. The molecule has 1 amide bonds. The van der Waals surface area contributed by atoms with Gasteiger partial charge in [0.2, 0.25) is 5.91 Å². The van der Waals surface area contributed by atoms with Crippen LogP contribution in [0.3, 0.4) is 0 Å². The smallest absolute Gasteiger partial charge is 0.248 e. The van der Waals surface area contributed by atoms with E-state index in [4.69, 9.17) is 16.2 Å². The number of nitrogens with two attached hydrogens (primary N) is 2.